The SMILES string of the molecule is [B]C(C)CCCCCCCC(C)C. The summed E-state index contributed by atoms with van der Waals surface area (Å²) in [6.07, 6.45) is 9.52. The van der Waals surface area contributed by atoms with Crippen molar-refractivity contribution in [3.05, 3.63) is 0 Å². The summed E-state index contributed by atoms with van der Waals surface area (Å²) in [5, 5.41) is 0. The molecule has 0 nitrogen and oxygen atoms in total. The molecule has 0 aromatic rings. The van der Waals surface area contributed by atoms with E-state index in [0.717, 1.165) is 5.92 Å². The highest BCUT2D eigenvalue weighted by Crippen LogP contribution is 2.14. The Kier molecular flexibility index (Phi) is 8.70. The summed E-state index contributed by atoms with van der Waals surface area (Å²) in [5.41, 5.74) is 0. The summed E-state index contributed by atoms with van der Waals surface area (Å²) < 4.78 is 0. The van der Waals surface area contributed by atoms with Gasteiger partial charge in [-0.1, -0.05) is 71.5 Å². The first-order valence-corrected chi connectivity index (χ1v) is 5.88. The van der Waals surface area contributed by atoms with E-state index in [0.29, 0.717) is 5.82 Å². The molecule has 0 saturated heterocycles. The Morgan fingerprint density at radius 1 is 0.769 bits per heavy atom. The van der Waals surface area contributed by atoms with Crippen molar-refractivity contribution < 1.29 is 0 Å². The van der Waals surface area contributed by atoms with E-state index in [1.54, 1.807) is 0 Å². The van der Waals surface area contributed by atoms with Crippen LogP contribution in [0.2, 0.25) is 5.82 Å². The Morgan fingerprint density at radius 2 is 1.23 bits per heavy atom. The van der Waals surface area contributed by atoms with Crippen LogP contribution in [0.5, 0.6) is 0 Å². The molecule has 0 spiro atoms. The zero-order valence-electron chi connectivity index (χ0n) is 9.68. The van der Waals surface area contributed by atoms with Crippen LogP contribution in [-0.2, 0) is 0 Å². The van der Waals surface area contributed by atoms with Crippen molar-refractivity contribution in [2.24, 2.45) is 5.92 Å². The topological polar surface area (TPSA) is 0 Å². The molecule has 0 aliphatic heterocycles. The smallest absolute Gasteiger partial charge is 0.0695 e. The second-order valence-corrected chi connectivity index (χ2v) is 4.72. The van der Waals surface area contributed by atoms with Gasteiger partial charge in [-0.2, -0.15) is 0 Å². The molecule has 76 valence electrons. The predicted octanol–water partition coefficient (Wildman–Crippen LogP) is 4.35. The molecule has 0 aromatic carbocycles. The largest absolute Gasteiger partial charge is 0.0802 e. The molecule has 13 heavy (non-hydrogen) atoms. The Bertz CT molecular complexity index is 85.3. The molecule has 0 saturated carbocycles. The van der Waals surface area contributed by atoms with Crippen LogP contribution in [-0.4, -0.2) is 7.85 Å². The van der Waals surface area contributed by atoms with Gasteiger partial charge in [0.15, 0.2) is 0 Å². The number of hydrogen-bond donors (Lipinski definition) is 0. The summed E-state index contributed by atoms with van der Waals surface area (Å²) >= 11 is 0. The van der Waals surface area contributed by atoms with E-state index in [9.17, 15) is 0 Å². The van der Waals surface area contributed by atoms with Crippen LogP contribution in [0.15, 0.2) is 0 Å². The van der Waals surface area contributed by atoms with E-state index < -0.39 is 0 Å². The summed E-state index contributed by atoms with van der Waals surface area (Å²) in [4.78, 5) is 0. The van der Waals surface area contributed by atoms with E-state index in [-0.39, 0.29) is 0 Å². The summed E-state index contributed by atoms with van der Waals surface area (Å²) in [7, 11) is 5.67. The monoisotopic (exact) mass is 180 g/mol. The second-order valence-electron chi connectivity index (χ2n) is 4.72. The van der Waals surface area contributed by atoms with Crippen molar-refractivity contribution in [3.8, 4) is 0 Å². The lowest BCUT2D eigenvalue weighted by molar-refractivity contribution is 0.511. The van der Waals surface area contributed by atoms with Crippen LogP contribution in [0.1, 0.15) is 65.7 Å². The summed E-state index contributed by atoms with van der Waals surface area (Å²) in [5.74, 6) is 1.28. The maximum Gasteiger partial charge on any atom is 0.0695 e. The minimum Gasteiger partial charge on any atom is -0.0802 e. The highest BCUT2D eigenvalue weighted by Gasteiger charge is 1.96. The summed E-state index contributed by atoms with van der Waals surface area (Å²) in [6, 6.07) is 0. The maximum absolute atomic E-state index is 5.67. The Hall–Kier alpha value is 0.0649. The van der Waals surface area contributed by atoms with Crippen LogP contribution in [0.4, 0.5) is 0 Å². The molecular formula is C12H25B. The standard InChI is InChI=1S/C12H25B/c1-11(2)9-7-5-4-6-8-10-12(3)13/h11-12H,4-10H2,1-3H3. The first-order chi connectivity index (χ1) is 6.13. The van der Waals surface area contributed by atoms with Crippen LogP contribution >= 0.6 is 0 Å². The first kappa shape index (κ1) is 13.1. The molecule has 0 N–H and O–H groups in total. The van der Waals surface area contributed by atoms with Gasteiger partial charge in [-0.15, -0.1) is 0 Å². The Labute approximate surface area is 85.9 Å². The highest BCUT2D eigenvalue weighted by atomic mass is 14.0. The molecule has 0 aliphatic rings. The molecular weight excluding hydrogens is 155 g/mol. The van der Waals surface area contributed by atoms with Crippen molar-refractivity contribution in [1.29, 1.82) is 0 Å². The number of rotatable bonds is 8. The predicted molar refractivity (Wildman–Crippen MR) is 62.3 cm³/mol. The second kappa shape index (κ2) is 8.65. The average Bonchev–Trinajstić information content (AvgIpc) is 2.01. The van der Waals surface area contributed by atoms with Crippen molar-refractivity contribution in [1.82, 2.24) is 0 Å². The zero-order valence-corrected chi connectivity index (χ0v) is 9.68. The third-order valence-corrected chi connectivity index (χ3v) is 2.44. The zero-order chi connectivity index (χ0) is 10.1. The maximum atomic E-state index is 5.67. The van der Waals surface area contributed by atoms with Gasteiger partial charge in [0.05, 0.1) is 7.85 Å². The van der Waals surface area contributed by atoms with Crippen molar-refractivity contribution >= 4 is 7.85 Å². The van der Waals surface area contributed by atoms with Crippen LogP contribution in [0.25, 0.3) is 0 Å². The van der Waals surface area contributed by atoms with Gasteiger partial charge in [0, 0.05) is 0 Å². The fraction of sp³-hybridized carbons (Fsp3) is 1.00. The molecule has 0 heterocycles. The Balaban J connectivity index is 2.92. The average molecular weight is 180 g/mol. The number of unbranched alkanes of at least 4 members (excludes halogenated alkanes) is 4. The van der Waals surface area contributed by atoms with E-state index in [1.807, 2.05) is 0 Å². The van der Waals surface area contributed by atoms with Crippen molar-refractivity contribution in [2.45, 2.75) is 71.5 Å². The van der Waals surface area contributed by atoms with Crippen LogP contribution < -0.4 is 0 Å². The molecule has 0 amide bonds. The van der Waals surface area contributed by atoms with Gasteiger partial charge in [-0.25, -0.2) is 0 Å². The lowest BCUT2D eigenvalue weighted by Gasteiger charge is -2.05. The van der Waals surface area contributed by atoms with Gasteiger partial charge >= 0.3 is 0 Å². The van der Waals surface area contributed by atoms with Gasteiger partial charge in [0.1, 0.15) is 0 Å². The fourth-order valence-electron chi connectivity index (χ4n) is 1.55. The molecule has 1 heteroatoms. The number of hydrogen-bond acceptors (Lipinski definition) is 0. The van der Waals surface area contributed by atoms with E-state index in [2.05, 4.69) is 20.8 Å². The molecule has 0 aromatic heterocycles. The summed E-state index contributed by atoms with van der Waals surface area (Å²) in [6.45, 7) is 6.70. The quantitative estimate of drug-likeness (QED) is 0.384. The Morgan fingerprint density at radius 3 is 1.69 bits per heavy atom. The molecule has 0 fully saturated rings. The normalized spacial score (nSPS) is 13.5. The minimum atomic E-state index is 0.399. The van der Waals surface area contributed by atoms with E-state index in [1.165, 1.54) is 44.9 Å². The van der Waals surface area contributed by atoms with Gasteiger partial charge < -0.3 is 0 Å². The molecule has 0 aliphatic carbocycles. The van der Waals surface area contributed by atoms with Gasteiger partial charge in [-0.3, -0.25) is 0 Å². The van der Waals surface area contributed by atoms with Crippen molar-refractivity contribution in [3.63, 3.8) is 0 Å². The fourth-order valence-corrected chi connectivity index (χ4v) is 1.55. The third kappa shape index (κ3) is 12.1. The molecule has 1 atom stereocenters. The lowest BCUT2D eigenvalue weighted by Crippen LogP contribution is -1.88. The molecule has 0 rings (SSSR count). The minimum absolute atomic E-state index is 0.399. The third-order valence-electron chi connectivity index (χ3n) is 2.44. The molecule has 1 unspecified atom stereocenters. The van der Waals surface area contributed by atoms with Crippen LogP contribution in [0, 0.1) is 5.92 Å². The van der Waals surface area contributed by atoms with Gasteiger partial charge in [0.25, 0.3) is 0 Å². The highest BCUT2D eigenvalue weighted by molar-refractivity contribution is 6.11. The van der Waals surface area contributed by atoms with Crippen molar-refractivity contribution in [2.75, 3.05) is 0 Å². The van der Waals surface area contributed by atoms with Gasteiger partial charge in [0.2, 0.25) is 0 Å². The first-order valence-electron chi connectivity index (χ1n) is 5.88. The van der Waals surface area contributed by atoms with E-state index in [4.69, 9.17) is 7.85 Å². The van der Waals surface area contributed by atoms with Gasteiger partial charge in [-0.05, 0) is 5.92 Å². The molecule has 0 bridgehead atoms. The molecule has 2 radical (unpaired) electrons. The van der Waals surface area contributed by atoms with E-state index >= 15 is 0 Å². The van der Waals surface area contributed by atoms with Crippen LogP contribution in [0.3, 0.4) is 0 Å². The lowest BCUT2D eigenvalue weighted by atomic mass is 9.85.